The molecule has 2 aromatic rings. The van der Waals surface area contributed by atoms with Crippen LogP contribution in [-0.4, -0.2) is 27.3 Å². The Morgan fingerprint density at radius 3 is 2.38 bits per heavy atom. The molecule has 2 aliphatic rings. The van der Waals surface area contributed by atoms with E-state index in [0.717, 1.165) is 37.9 Å². The topological polar surface area (TPSA) is 49.4 Å². The summed E-state index contributed by atoms with van der Waals surface area (Å²) < 4.78 is 27.2. The zero-order valence-electron chi connectivity index (χ0n) is 15.2. The molecule has 0 aromatic heterocycles. The molecule has 1 aliphatic heterocycles. The third kappa shape index (κ3) is 3.14. The van der Waals surface area contributed by atoms with Crippen LogP contribution in [0.15, 0.2) is 54.6 Å². The number of fused-ring (bicyclic) bond motifs is 2. The maximum atomic E-state index is 12.2. The SMILES string of the molecule is CCS(=O)(=O)NC1CC2(CCN(c3ccccc3)CC2)c2ccccc21. The van der Waals surface area contributed by atoms with E-state index in [-0.39, 0.29) is 17.2 Å². The Kier molecular flexibility index (Phi) is 4.53. The van der Waals surface area contributed by atoms with Crippen molar-refractivity contribution in [2.75, 3.05) is 23.7 Å². The van der Waals surface area contributed by atoms with Crippen molar-refractivity contribution in [3.8, 4) is 0 Å². The number of sulfonamides is 1. The van der Waals surface area contributed by atoms with Crippen LogP contribution in [0.4, 0.5) is 5.69 Å². The first-order valence-corrected chi connectivity index (χ1v) is 11.1. The highest BCUT2D eigenvalue weighted by Gasteiger charge is 2.46. The standard InChI is InChI=1S/C21H26N2O2S/c1-2-26(24,25)22-20-16-21(19-11-7-6-10-18(19)20)12-14-23(15-13-21)17-8-4-3-5-9-17/h3-11,20,22H,2,12-16H2,1H3. The van der Waals surface area contributed by atoms with Crippen LogP contribution in [0.2, 0.25) is 0 Å². The molecule has 2 aromatic carbocycles. The third-order valence-corrected chi connectivity index (χ3v) is 7.45. The van der Waals surface area contributed by atoms with Crippen LogP contribution < -0.4 is 9.62 Å². The molecule has 5 heteroatoms. The van der Waals surface area contributed by atoms with Crippen LogP contribution >= 0.6 is 0 Å². The number of hydrogen-bond donors (Lipinski definition) is 1. The van der Waals surface area contributed by atoms with Crippen molar-refractivity contribution >= 4 is 15.7 Å². The minimum Gasteiger partial charge on any atom is -0.371 e. The zero-order valence-corrected chi connectivity index (χ0v) is 16.0. The maximum Gasteiger partial charge on any atom is 0.211 e. The number of hydrogen-bond acceptors (Lipinski definition) is 3. The van der Waals surface area contributed by atoms with E-state index >= 15 is 0 Å². The molecule has 1 unspecified atom stereocenters. The molecular formula is C21H26N2O2S. The lowest BCUT2D eigenvalue weighted by molar-refractivity contribution is 0.311. The first-order valence-electron chi connectivity index (χ1n) is 9.42. The first-order chi connectivity index (χ1) is 12.5. The summed E-state index contributed by atoms with van der Waals surface area (Å²) in [4.78, 5) is 2.44. The van der Waals surface area contributed by atoms with Gasteiger partial charge in [0.1, 0.15) is 0 Å². The van der Waals surface area contributed by atoms with Crippen LogP contribution in [0.1, 0.15) is 43.4 Å². The van der Waals surface area contributed by atoms with E-state index in [1.54, 1.807) is 6.92 Å². The lowest BCUT2D eigenvalue weighted by Crippen LogP contribution is -2.42. The monoisotopic (exact) mass is 370 g/mol. The molecule has 0 saturated carbocycles. The summed E-state index contributed by atoms with van der Waals surface area (Å²) in [5.74, 6) is 0.125. The summed E-state index contributed by atoms with van der Waals surface area (Å²) in [6.45, 7) is 3.70. The Morgan fingerprint density at radius 2 is 1.69 bits per heavy atom. The van der Waals surface area contributed by atoms with Gasteiger partial charge < -0.3 is 4.90 Å². The fourth-order valence-electron chi connectivity index (χ4n) is 4.60. The Balaban J connectivity index is 1.58. The second kappa shape index (κ2) is 6.71. The lowest BCUT2D eigenvalue weighted by Gasteiger charge is -2.41. The molecule has 4 nitrogen and oxygen atoms in total. The summed E-state index contributed by atoms with van der Waals surface area (Å²) >= 11 is 0. The second-order valence-electron chi connectivity index (χ2n) is 7.47. The van der Waals surface area contributed by atoms with Gasteiger partial charge >= 0.3 is 0 Å². The molecule has 0 amide bonds. The number of piperidine rings is 1. The molecule has 1 heterocycles. The Hall–Kier alpha value is -1.85. The predicted molar refractivity (Wildman–Crippen MR) is 106 cm³/mol. The zero-order chi connectivity index (χ0) is 18.2. The molecular weight excluding hydrogens is 344 g/mol. The van der Waals surface area contributed by atoms with Crippen molar-refractivity contribution < 1.29 is 8.42 Å². The van der Waals surface area contributed by atoms with Gasteiger partial charge in [-0.2, -0.15) is 0 Å². The van der Waals surface area contributed by atoms with Crippen molar-refractivity contribution in [3.63, 3.8) is 0 Å². The molecule has 26 heavy (non-hydrogen) atoms. The highest BCUT2D eigenvalue weighted by molar-refractivity contribution is 7.89. The number of benzene rings is 2. The average Bonchev–Trinajstić information content (AvgIpc) is 2.96. The van der Waals surface area contributed by atoms with Crippen molar-refractivity contribution in [1.29, 1.82) is 0 Å². The van der Waals surface area contributed by atoms with E-state index in [0.29, 0.717) is 0 Å². The van der Waals surface area contributed by atoms with E-state index in [4.69, 9.17) is 0 Å². The minimum absolute atomic E-state index is 0.0861. The van der Waals surface area contributed by atoms with Crippen LogP contribution in [0.5, 0.6) is 0 Å². The fourth-order valence-corrected chi connectivity index (χ4v) is 5.42. The number of para-hydroxylation sites is 1. The molecule has 0 bridgehead atoms. The van der Waals surface area contributed by atoms with Gasteiger partial charge in [0.25, 0.3) is 0 Å². The summed E-state index contributed by atoms with van der Waals surface area (Å²) in [6.07, 6.45) is 2.99. The quantitative estimate of drug-likeness (QED) is 0.894. The van der Waals surface area contributed by atoms with Crippen LogP contribution in [0, 0.1) is 0 Å². The normalized spacial score (nSPS) is 21.7. The van der Waals surface area contributed by atoms with Gasteiger partial charge in [0.05, 0.1) is 5.75 Å². The smallest absolute Gasteiger partial charge is 0.211 e. The van der Waals surface area contributed by atoms with E-state index in [2.05, 4.69) is 52.1 Å². The van der Waals surface area contributed by atoms with Gasteiger partial charge in [0.2, 0.25) is 10.0 Å². The molecule has 138 valence electrons. The molecule has 1 spiro atoms. The van der Waals surface area contributed by atoms with Crippen molar-refractivity contribution in [2.45, 2.75) is 37.6 Å². The first kappa shape index (κ1) is 17.6. The van der Waals surface area contributed by atoms with Crippen molar-refractivity contribution in [3.05, 3.63) is 65.7 Å². The summed E-state index contributed by atoms with van der Waals surface area (Å²) in [5, 5.41) is 0. The number of rotatable bonds is 4. The highest BCUT2D eigenvalue weighted by atomic mass is 32.2. The summed E-state index contributed by atoms with van der Waals surface area (Å²) in [7, 11) is -3.22. The highest BCUT2D eigenvalue weighted by Crippen LogP contribution is 2.51. The van der Waals surface area contributed by atoms with Gasteiger partial charge in [-0.15, -0.1) is 0 Å². The van der Waals surface area contributed by atoms with Crippen LogP contribution in [-0.2, 0) is 15.4 Å². The van der Waals surface area contributed by atoms with E-state index < -0.39 is 10.0 Å². The lowest BCUT2D eigenvalue weighted by atomic mass is 9.73. The fraction of sp³-hybridized carbons (Fsp3) is 0.429. The Bertz CT molecular complexity index is 872. The van der Waals surface area contributed by atoms with Gasteiger partial charge in [0.15, 0.2) is 0 Å². The van der Waals surface area contributed by atoms with Crippen molar-refractivity contribution in [2.24, 2.45) is 0 Å². The Labute approximate surface area is 156 Å². The number of anilines is 1. The Morgan fingerprint density at radius 1 is 1.04 bits per heavy atom. The van der Waals surface area contributed by atoms with E-state index in [1.807, 2.05) is 12.1 Å². The average molecular weight is 371 g/mol. The molecule has 1 saturated heterocycles. The van der Waals surface area contributed by atoms with Gasteiger partial charge in [-0.05, 0) is 49.4 Å². The number of nitrogens with zero attached hydrogens (tertiary/aromatic N) is 1. The van der Waals surface area contributed by atoms with E-state index in [9.17, 15) is 8.42 Å². The molecule has 0 radical (unpaired) electrons. The van der Waals surface area contributed by atoms with Gasteiger partial charge in [-0.3, -0.25) is 0 Å². The van der Waals surface area contributed by atoms with Gasteiger partial charge in [-0.25, -0.2) is 13.1 Å². The van der Waals surface area contributed by atoms with Crippen LogP contribution in [0.3, 0.4) is 0 Å². The molecule has 1 atom stereocenters. The van der Waals surface area contributed by atoms with Gasteiger partial charge in [0, 0.05) is 30.2 Å². The maximum absolute atomic E-state index is 12.2. The molecule has 1 N–H and O–H groups in total. The summed E-state index contributed by atoms with van der Waals surface area (Å²) in [6, 6.07) is 18.8. The van der Waals surface area contributed by atoms with Crippen LogP contribution in [0.25, 0.3) is 0 Å². The third-order valence-electron chi connectivity index (χ3n) is 6.05. The number of nitrogens with one attached hydrogen (secondary N) is 1. The van der Waals surface area contributed by atoms with E-state index in [1.165, 1.54) is 11.3 Å². The largest absolute Gasteiger partial charge is 0.371 e. The predicted octanol–water partition coefficient (Wildman–Crippen LogP) is 3.61. The van der Waals surface area contributed by atoms with Crippen molar-refractivity contribution in [1.82, 2.24) is 4.72 Å². The second-order valence-corrected chi connectivity index (χ2v) is 9.51. The minimum atomic E-state index is -3.22. The molecule has 1 fully saturated rings. The van der Waals surface area contributed by atoms with Gasteiger partial charge in [-0.1, -0.05) is 42.5 Å². The summed E-state index contributed by atoms with van der Waals surface area (Å²) in [5.41, 5.74) is 3.87. The molecule has 1 aliphatic carbocycles. The molecule has 4 rings (SSSR count).